The fourth-order valence-electron chi connectivity index (χ4n) is 1.05. The van der Waals surface area contributed by atoms with Crippen molar-refractivity contribution in [2.24, 2.45) is 0 Å². The van der Waals surface area contributed by atoms with E-state index in [0.29, 0.717) is 5.56 Å². The van der Waals surface area contributed by atoms with Gasteiger partial charge in [-0.3, -0.25) is 0 Å². The number of halogens is 5. The average Bonchev–Trinajstić information content (AvgIpc) is 2.25. The Hall–Kier alpha value is -0.710. The fraction of sp³-hybridized carbons (Fsp3) is 0.273. The summed E-state index contributed by atoms with van der Waals surface area (Å²) in [4.78, 5) is 0. The van der Waals surface area contributed by atoms with Crippen LogP contribution in [0.2, 0.25) is 0 Å². The Morgan fingerprint density at radius 2 is 1.65 bits per heavy atom. The first-order valence-electron chi connectivity index (χ1n) is 4.61. The van der Waals surface area contributed by atoms with E-state index in [9.17, 15) is 18.3 Å². The standard InChI is InChI=1S/C11H9Cl2F3O/c12-10(13,11(14,15)16)9(17)7-6-8-4-2-1-3-5-8/h1-7,9,17H. The van der Waals surface area contributed by atoms with Crippen molar-refractivity contribution in [2.45, 2.75) is 16.6 Å². The second-order valence-electron chi connectivity index (χ2n) is 3.34. The lowest BCUT2D eigenvalue weighted by Crippen LogP contribution is -2.44. The van der Waals surface area contributed by atoms with Gasteiger partial charge in [-0.15, -0.1) is 0 Å². The molecule has 0 saturated carbocycles. The summed E-state index contributed by atoms with van der Waals surface area (Å²) >= 11 is 10.1. The molecule has 0 aliphatic carbocycles. The minimum absolute atomic E-state index is 0.637. The summed E-state index contributed by atoms with van der Waals surface area (Å²) in [5, 5.41) is 9.30. The van der Waals surface area contributed by atoms with Crippen molar-refractivity contribution in [1.82, 2.24) is 0 Å². The smallest absolute Gasteiger partial charge is 0.386 e. The largest absolute Gasteiger partial charge is 0.424 e. The molecule has 1 N–H and O–H groups in total. The number of rotatable bonds is 3. The maximum atomic E-state index is 12.4. The van der Waals surface area contributed by atoms with Crippen molar-refractivity contribution >= 4 is 29.3 Å². The third kappa shape index (κ3) is 3.63. The highest BCUT2D eigenvalue weighted by molar-refractivity contribution is 6.49. The van der Waals surface area contributed by atoms with Crippen LogP contribution in [0.3, 0.4) is 0 Å². The van der Waals surface area contributed by atoms with Crippen molar-refractivity contribution in [2.75, 3.05) is 0 Å². The van der Waals surface area contributed by atoms with Crippen LogP contribution in [0.15, 0.2) is 36.4 Å². The zero-order valence-corrected chi connectivity index (χ0v) is 9.97. The molecule has 0 aliphatic rings. The Labute approximate surface area is 106 Å². The van der Waals surface area contributed by atoms with Gasteiger partial charge in [-0.25, -0.2) is 0 Å². The molecule has 6 heteroatoms. The minimum Gasteiger partial charge on any atom is -0.386 e. The number of aliphatic hydroxyl groups excluding tert-OH is 1. The minimum atomic E-state index is -4.91. The van der Waals surface area contributed by atoms with E-state index in [-0.39, 0.29) is 0 Å². The van der Waals surface area contributed by atoms with Gasteiger partial charge in [-0.05, 0) is 5.56 Å². The molecule has 1 rings (SSSR count). The maximum Gasteiger partial charge on any atom is 0.424 e. The average molecular weight is 285 g/mol. The molecule has 1 unspecified atom stereocenters. The zero-order chi connectivity index (χ0) is 13.1. The van der Waals surface area contributed by atoms with Gasteiger partial charge in [-0.2, -0.15) is 13.2 Å². The number of aliphatic hydroxyl groups is 1. The van der Waals surface area contributed by atoms with Crippen LogP contribution < -0.4 is 0 Å². The van der Waals surface area contributed by atoms with Crippen LogP contribution in [0.25, 0.3) is 6.08 Å². The summed E-state index contributed by atoms with van der Waals surface area (Å²) in [6.07, 6.45) is -4.72. The van der Waals surface area contributed by atoms with Gasteiger partial charge in [0, 0.05) is 0 Å². The summed E-state index contributed by atoms with van der Waals surface area (Å²) in [5.74, 6) is 0. The maximum absolute atomic E-state index is 12.4. The number of hydrogen-bond acceptors (Lipinski definition) is 1. The van der Waals surface area contributed by atoms with Crippen molar-refractivity contribution in [1.29, 1.82) is 0 Å². The molecule has 0 amide bonds. The molecule has 0 saturated heterocycles. The van der Waals surface area contributed by atoms with E-state index in [4.69, 9.17) is 23.2 Å². The van der Waals surface area contributed by atoms with Gasteiger partial charge in [-0.1, -0.05) is 65.7 Å². The van der Waals surface area contributed by atoms with Gasteiger partial charge in [0.2, 0.25) is 4.33 Å². The van der Waals surface area contributed by atoms with Crippen molar-refractivity contribution in [3.63, 3.8) is 0 Å². The summed E-state index contributed by atoms with van der Waals surface area (Å²) < 4.78 is 33.8. The molecule has 0 spiro atoms. The van der Waals surface area contributed by atoms with Crippen LogP contribution in [0.1, 0.15) is 5.56 Å². The van der Waals surface area contributed by atoms with E-state index in [1.807, 2.05) is 0 Å². The highest BCUT2D eigenvalue weighted by atomic mass is 35.5. The lowest BCUT2D eigenvalue weighted by molar-refractivity contribution is -0.156. The van der Waals surface area contributed by atoms with Gasteiger partial charge in [0.05, 0.1) is 0 Å². The summed E-state index contributed by atoms with van der Waals surface area (Å²) in [6, 6.07) is 8.52. The first-order chi connectivity index (χ1) is 7.75. The SMILES string of the molecule is OC(C=Cc1ccccc1)C(Cl)(Cl)C(F)(F)F. The normalized spacial score (nSPS) is 15.2. The number of benzene rings is 1. The molecule has 1 nitrogen and oxygen atoms in total. The highest BCUT2D eigenvalue weighted by Gasteiger charge is 2.56. The quantitative estimate of drug-likeness (QED) is 0.837. The Balaban J connectivity index is 2.80. The van der Waals surface area contributed by atoms with E-state index in [1.165, 1.54) is 6.08 Å². The molecule has 0 radical (unpaired) electrons. The Kier molecular flexibility index (Phi) is 4.47. The summed E-state index contributed by atoms with van der Waals surface area (Å²) in [7, 11) is 0. The fourth-order valence-corrected chi connectivity index (χ4v) is 1.20. The number of alkyl halides is 5. The van der Waals surface area contributed by atoms with E-state index < -0.39 is 16.6 Å². The monoisotopic (exact) mass is 284 g/mol. The Morgan fingerprint density at radius 1 is 1.12 bits per heavy atom. The molecule has 0 fully saturated rings. The third-order valence-corrected chi connectivity index (χ3v) is 2.90. The van der Waals surface area contributed by atoms with Gasteiger partial charge in [0.15, 0.2) is 0 Å². The molecule has 94 valence electrons. The summed E-state index contributed by atoms with van der Waals surface area (Å²) in [5.41, 5.74) is 0.637. The Bertz CT molecular complexity index is 387. The molecular formula is C11H9Cl2F3O. The second kappa shape index (κ2) is 5.29. The van der Waals surface area contributed by atoms with Gasteiger partial charge >= 0.3 is 6.18 Å². The topological polar surface area (TPSA) is 20.2 Å². The molecular weight excluding hydrogens is 276 g/mol. The lowest BCUT2D eigenvalue weighted by atomic mass is 10.1. The highest BCUT2D eigenvalue weighted by Crippen LogP contribution is 2.42. The van der Waals surface area contributed by atoms with Crippen LogP contribution >= 0.6 is 23.2 Å². The summed E-state index contributed by atoms with van der Waals surface area (Å²) in [6.45, 7) is 0. The van der Waals surface area contributed by atoms with Crippen molar-refractivity contribution < 1.29 is 18.3 Å². The third-order valence-electron chi connectivity index (χ3n) is 2.02. The van der Waals surface area contributed by atoms with Crippen LogP contribution in [-0.4, -0.2) is 21.7 Å². The van der Waals surface area contributed by atoms with Gasteiger partial charge in [0.1, 0.15) is 6.10 Å². The van der Waals surface area contributed by atoms with Crippen LogP contribution in [0.5, 0.6) is 0 Å². The van der Waals surface area contributed by atoms with Crippen LogP contribution in [0, 0.1) is 0 Å². The molecule has 1 aromatic carbocycles. The van der Waals surface area contributed by atoms with Gasteiger partial charge in [0.25, 0.3) is 0 Å². The molecule has 0 heterocycles. The van der Waals surface area contributed by atoms with E-state index >= 15 is 0 Å². The van der Waals surface area contributed by atoms with E-state index in [2.05, 4.69) is 0 Å². The zero-order valence-electron chi connectivity index (χ0n) is 8.46. The molecule has 0 aliphatic heterocycles. The van der Waals surface area contributed by atoms with E-state index in [0.717, 1.165) is 6.08 Å². The lowest BCUT2D eigenvalue weighted by Gasteiger charge is -2.25. The van der Waals surface area contributed by atoms with Crippen molar-refractivity contribution in [3.8, 4) is 0 Å². The van der Waals surface area contributed by atoms with Crippen LogP contribution in [-0.2, 0) is 0 Å². The second-order valence-corrected chi connectivity index (χ2v) is 4.72. The molecule has 1 atom stereocenters. The van der Waals surface area contributed by atoms with Gasteiger partial charge < -0.3 is 5.11 Å². The van der Waals surface area contributed by atoms with Crippen LogP contribution in [0.4, 0.5) is 13.2 Å². The number of hydrogen-bond donors (Lipinski definition) is 1. The first kappa shape index (κ1) is 14.4. The van der Waals surface area contributed by atoms with E-state index in [1.54, 1.807) is 30.3 Å². The molecule has 17 heavy (non-hydrogen) atoms. The van der Waals surface area contributed by atoms with Crippen molar-refractivity contribution in [3.05, 3.63) is 42.0 Å². The first-order valence-corrected chi connectivity index (χ1v) is 5.36. The molecule has 0 aromatic heterocycles. The predicted molar refractivity (Wildman–Crippen MR) is 62.0 cm³/mol. The molecule has 0 bridgehead atoms. The predicted octanol–water partition coefficient (Wildman–Crippen LogP) is 3.80. The Morgan fingerprint density at radius 3 is 2.12 bits per heavy atom. The molecule has 1 aromatic rings.